The maximum absolute atomic E-state index is 13.3. The largest absolute Gasteiger partial charge is 0.494 e. The van der Waals surface area contributed by atoms with Crippen molar-refractivity contribution in [1.82, 2.24) is 0 Å². The Labute approximate surface area is 109 Å². The molecule has 0 amide bonds. The highest BCUT2D eigenvalue weighted by atomic mass is 19.1. The highest BCUT2D eigenvalue weighted by Gasteiger charge is 2.18. The Bertz CT molecular complexity index is 394. The van der Waals surface area contributed by atoms with E-state index in [2.05, 4.69) is 12.2 Å². The number of benzene rings is 1. The molecule has 1 fully saturated rings. The fourth-order valence-corrected chi connectivity index (χ4v) is 2.78. The molecule has 1 aliphatic rings. The van der Waals surface area contributed by atoms with Crippen molar-refractivity contribution in [3.05, 3.63) is 24.0 Å². The lowest BCUT2D eigenvalue weighted by atomic mass is 9.82. The summed E-state index contributed by atoms with van der Waals surface area (Å²) in [6.07, 6.45) is 5.29. The lowest BCUT2D eigenvalue weighted by molar-refractivity contribution is 0.293. The average Bonchev–Trinajstić information content (AvgIpc) is 2.38. The highest BCUT2D eigenvalue weighted by molar-refractivity contribution is 5.48. The number of anilines is 1. The molecule has 2 nitrogen and oxygen atoms in total. The second-order valence-corrected chi connectivity index (χ2v) is 5.37. The van der Waals surface area contributed by atoms with E-state index < -0.39 is 0 Å². The molecule has 0 bridgehead atoms. The van der Waals surface area contributed by atoms with Crippen LogP contribution in [0.25, 0.3) is 0 Å². The predicted molar refractivity (Wildman–Crippen MR) is 72.6 cm³/mol. The summed E-state index contributed by atoms with van der Waals surface area (Å²) in [5.74, 6) is 1.57. The van der Waals surface area contributed by atoms with Crippen molar-refractivity contribution >= 4 is 5.69 Å². The van der Waals surface area contributed by atoms with E-state index in [1.807, 2.05) is 0 Å². The third kappa shape index (κ3) is 3.37. The van der Waals surface area contributed by atoms with Gasteiger partial charge in [-0.15, -0.1) is 0 Å². The van der Waals surface area contributed by atoms with Crippen LogP contribution >= 0.6 is 0 Å². The zero-order chi connectivity index (χ0) is 13.0. The molecule has 1 aliphatic carbocycles. The molecule has 0 aromatic heterocycles. The van der Waals surface area contributed by atoms with Crippen LogP contribution < -0.4 is 10.1 Å². The normalized spacial score (nSPS) is 23.7. The Hall–Kier alpha value is -1.25. The standard InChI is InChI=1S/C15H22FNO/c1-11-4-3-5-12(8-11)10-17-13-6-7-14(16)15(9-13)18-2/h6-7,9,11-12,17H,3-5,8,10H2,1-2H3. The molecule has 0 aliphatic heterocycles. The number of methoxy groups -OCH3 is 1. The van der Waals surface area contributed by atoms with Crippen LogP contribution in [-0.2, 0) is 0 Å². The molecule has 1 aromatic carbocycles. The smallest absolute Gasteiger partial charge is 0.165 e. The first-order chi connectivity index (χ1) is 8.69. The monoisotopic (exact) mass is 251 g/mol. The SMILES string of the molecule is COc1cc(NCC2CCCC(C)C2)ccc1F. The summed E-state index contributed by atoms with van der Waals surface area (Å²) in [6, 6.07) is 4.94. The van der Waals surface area contributed by atoms with Crippen molar-refractivity contribution in [2.45, 2.75) is 32.6 Å². The molecule has 1 saturated carbocycles. The number of rotatable bonds is 4. The van der Waals surface area contributed by atoms with Crippen molar-refractivity contribution in [2.75, 3.05) is 19.0 Å². The summed E-state index contributed by atoms with van der Waals surface area (Å²) < 4.78 is 18.2. The Balaban J connectivity index is 1.89. The van der Waals surface area contributed by atoms with E-state index in [-0.39, 0.29) is 5.82 Å². The Kier molecular flexibility index (Phi) is 4.45. The minimum atomic E-state index is -0.311. The van der Waals surface area contributed by atoms with E-state index in [9.17, 15) is 4.39 Å². The van der Waals surface area contributed by atoms with Crippen molar-refractivity contribution in [2.24, 2.45) is 11.8 Å². The van der Waals surface area contributed by atoms with E-state index in [1.54, 1.807) is 12.1 Å². The van der Waals surface area contributed by atoms with E-state index >= 15 is 0 Å². The van der Waals surface area contributed by atoms with E-state index in [1.165, 1.54) is 38.9 Å². The van der Waals surface area contributed by atoms with Crippen molar-refractivity contribution in [3.63, 3.8) is 0 Å². The zero-order valence-electron chi connectivity index (χ0n) is 11.2. The second kappa shape index (κ2) is 6.07. The third-order valence-electron chi connectivity index (χ3n) is 3.79. The summed E-state index contributed by atoms with van der Waals surface area (Å²) in [5, 5.41) is 3.39. The molecule has 2 unspecified atom stereocenters. The molecule has 1 N–H and O–H groups in total. The minimum absolute atomic E-state index is 0.303. The Morgan fingerprint density at radius 3 is 2.94 bits per heavy atom. The molecule has 0 saturated heterocycles. The van der Waals surface area contributed by atoms with Crippen LogP contribution in [0.2, 0.25) is 0 Å². The van der Waals surface area contributed by atoms with Crippen molar-refractivity contribution < 1.29 is 9.13 Å². The first-order valence-electron chi connectivity index (χ1n) is 6.76. The summed E-state index contributed by atoms with van der Waals surface area (Å²) >= 11 is 0. The van der Waals surface area contributed by atoms with Crippen LogP contribution in [0.3, 0.4) is 0 Å². The molecule has 100 valence electrons. The molecule has 0 heterocycles. The Morgan fingerprint density at radius 1 is 1.39 bits per heavy atom. The van der Waals surface area contributed by atoms with E-state index in [4.69, 9.17) is 4.74 Å². The second-order valence-electron chi connectivity index (χ2n) is 5.37. The van der Waals surface area contributed by atoms with Crippen LogP contribution in [0.1, 0.15) is 32.6 Å². The molecule has 0 spiro atoms. The number of hydrogen-bond donors (Lipinski definition) is 1. The molecule has 2 atom stereocenters. The maximum atomic E-state index is 13.3. The topological polar surface area (TPSA) is 21.3 Å². The molecule has 2 rings (SSSR count). The lowest BCUT2D eigenvalue weighted by Crippen LogP contribution is -2.21. The maximum Gasteiger partial charge on any atom is 0.165 e. The van der Waals surface area contributed by atoms with Crippen LogP contribution in [-0.4, -0.2) is 13.7 Å². The predicted octanol–water partition coefficient (Wildman–Crippen LogP) is 4.07. The van der Waals surface area contributed by atoms with Crippen LogP contribution in [0.5, 0.6) is 5.75 Å². The first kappa shape index (κ1) is 13.2. The zero-order valence-corrected chi connectivity index (χ0v) is 11.2. The van der Waals surface area contributed by atoms with Crippen molar-refractivity contribution in [1.29, 1.82) is 0 Å². The number of ether oxygens (including phenoxy) is 1. The summed E-state index contributed by atoms with van der Waals surface area (Å²) in [4.78, 5) is 0. The van der Waals surface area contributed by atoms with Gasteiger partial charge in [-0.3, -0.25) is 0 Å². The molecular formula is C15H22FNO. The molecule has 3 heteroatoms. The third-order valence-corrected chi connectivity index (χ3v) is 3.79. The average molecular weight is 251 g/mol. The molecule has 1 aromatic rings. The van der Waals surface area contributed by atoms with Gasteiger partial charge in [-0.1, -0.05) is 19.8 Å². The van der Waals surface area contributed by atoms with Crippen LogP contribution in [0.4, 0.5) is 10.1 Å². The van der Waals surface area contributed by atoms with Gasteiger partial charge in [0.25, 0.3) is 0 Å². The van der Waals surface area contributed by atoms with Gasteiger partial charge in [0.2, 0.25) is 0 Å². The van der Waals surface area contributed by atoms with E-state index in [0.717, 1.165) is 24.1 Å². The number of nitrogens with one attached hydrogen (secondary N) is 1. The number of halogens is 1. The van der Waals surface area contributed by atoms with Crippen LogP contribution in [0.15, 0.2) is 18.2 Å². The lowest BCUT2D eigenvalue weighted by Gasteiger charge is -2.27. The quantitative estimate of drug-likeness (QED) is 0.871. The first-order valence-corrected chi connectivity index (χ1v) is 6.76. The van der Waals surface area contributed by atoms with Gasteiger partial charge in [0, 0.05) is 18.3 Å². The van der Waals surface area contributed by atoms with Gasteiger partial charge in [0.1, 0.15) is 0 Å². The van der Waals surface area contributed by atoms with Gasteiger partial charge in [-0.25, -0.2) is 4.39 Å². The number of hydrogen-bond acceptors (Lipinski definition) is 2. The molecule has 0 radical (unpaired) electrons. The molecule has 18 heavy (non-hydrogen) atoms. The minimum Gasteiger partial charge on any atom is -0.494 e. The fourth-order valence-electron chi connectivity index (χ4n) is 2.78. The summed E-state index contributed by atoms with van der Waals surface area (Å²) in [5.41, 5.74) is 0.937. The van der Waals surface area contributed by atoms with Gasteiger partial charge in [0.05, 0.1) is 7.11 Å². The van der Waals surface area contributed by atoms with Crippen LogP contribution in [0, 0.1) is 17.7 Å². The molecular weight excluding hydrogens is 229 g/mol. The van der Waals surface area contributed by atoms with Gasteiger partial charge >= 0.3 is 0 Å². The fraction of sp³-hybridized carbons (Fsp3) is 0.600. The van der Waals surface area contributed by atoms with Gasteiger partial charge in [0.15, 0.2) is 11.6 Å². The van der Waals surface area contributed by atoms with Crippen molar-refractivity contribution in [3.8, 4) is 5.75 Å². The summed E-state index contributed by atoms with van der Waals surface area (Å²) in [7, 11) is 1.49. The highest BCUT2D eigenvalue weighted by Crippen LogP contribution is 2.29. The Morgan fingerprint density at radius 2 is 2.22 bits per heavy atom. The van der Waals surface area contributed by atoms with Gasteiger partial charge in [-0.05, 0) is 36.8 Å². The van der Waals surface area contributed by atoms with Gasteiger partial charge in [-0.2, -0.15) is 0 Å². The van der Waals surface area contributed by atoms with Gasteiger partial charge < -0.3 is 10.1 Å². The van der Waals surface area contributed by atoms with E-state index in [0.29, 0.717) is 5.75 Å². The summed E-state index contributed by atoms with van der Waals surface area (Å²) in [6.45, 7) is 3.30.